The van der Waals surface area contributed by atoms with Crippen LogP contribution < -0.4 is 4.90 Å². The summed E-state index contributed by atoms with van der Waals surface area (Å²) in [6, 6.07) is 10.4. The summed E-state index contributed by atoms with van der Waals surface area (Å²) in [6.45, 7) is 2.98. The second kappa shape index (κ2) is 8.07. The molecule has 0 bridgehead atoms. The summed E-state index contributed by atoms with van der Waals surface area (Å²) in [5.41, 5.74) is 2.00. The van der Waals surface area contributed by atoms with Crippen molar-refractivity contribution < 1.29 is 22.8 Å². The van der Waals surface area contributed by atoms with Crippen LogP contribution in [0.15, 0.2) is 47.4 Å². The molecule has 1 unspecified atom stereocenters. The fraction of sp³-hybridized carbons (Fsp3) is 0.375. The predicted octanol–water partition coefficient (Wildman–Crippen LogP) is 2.44. The van der Waals surface area contributed by atoms with Gasteiger partial charge in [0.2, 0.25) is 15.9 Å². The van der Waals surface area contributed by atoms with E-state index < -0.39 is 27.9 Å². The molecule has 3 aliphatic rings. The highest BCUT2D eigenvalue weighted by Gasteiger charge is 2.43. The molecule has 3 amide bonds. The summed E-state index contributed by atoms with van der Waals surface area (Å²) in [4.78, 5) is 41.7. The maximum atomic E-state index is 13.3. The molecule has 0 spiro atoms. The molecule has 1 atom stereocenters. The molecule has 1 fully saturated rings. The lowest BCUT2D eigenvalue weighted by Gasteiger charge is -2.27. The van der Waals surface area contributed by atoms with E-state index in [1.54, 1.807) is 54.3 Å². The summed E-state index contributed by atoms with van der Waals surface area (Å²) in [5.74, 6) is -1.31. The first-order valence-electron chi connectivity index (χ1n) is 11.2. The van der Waals surface area contributed by atoms with E-state index in [9.17, 15) is 22.8 Å². The molecule has 0 aliphatic carbocycles. The quantitative estimate of drug-likeness (QED) is 0.644. The van der Waals surface area contributed by atoms with Crippen LogP contribution in [-0.2, 0) is 21.2 Å². The fourth-order valence-electron chi connectivity index (χ4n) is 4.92. The number of rotatable bonds is 4. The van der Waals surface area contributed by atoms with Crippen molar-refractivity contribution in [2.45, 2.75) is 43.5 Å². The second-order valence-electron chi connectivity index (χ2n) is 8.70. The number of anilines is 1. The zero-order valence-corrected chi connectivity index (χ0v) is 19.2. The topological polar surface area (TPSA) is 95.1 Å². The van der Waals surface area contributed by atoms with Gasteiger partial charge in [-0.15, -0.1) is 0 Å². The number of piperidine rings is 1. The van der Waals surface area contributed by atoms with E-state index >= 15 is 0 Å². The van der Waals surface area contributed by atoms with Crippen molar-refractivity contribution in [1.29, 1.82) is 0 Å². The third kappa shape index (κ3) is 3.46. The fourth-order valence-corrected chi connectivity index (χ4v) is 6.49. The smallest absolute Gasteiger partial charge is 0.262 e. The highest BCUT2D eigenvalue weighted by Crippen LogP contribution is 2.33. The van der Waals surface area contributed by atoms with Crippen molar-refractivity contribution in [1.82, 2.24) is 9.21 Å². The highest BCUT2D eigenvalue weighted by molar-refractivity contribution is 7.89. The summed E-state index contributed by atoms with van der Waals surface area (Å²) in [6.07, 6.45) is 3.28. The maximum Gasteiger partial charge on any atom is 0.262 e. The van der Waals surface area contributed by atoms with Gasteiger partial charge in [-0.2, -0.15) is 4.31 Å². The Labute approximate surface area is 192 Å². The minimum absolute atomic E-state index is 0.242. The standard InChI is InChI=1S/C24H25N3O5S/c1-16(27-23(29)19-7-3-4-8-20(19)24(27)30)22(28)26-14-11-17-15-18(9-10-21(17)26)33(31,32)25-12-5-2-6-13-25/h3-4,7-10,15-16H,2,5-6,11-14H2,1H3. The molecule has 8 nitrogen and oxygen atoms in total. The van der Waals surface area contributed by atoms with Crippen LogP contribution in [-0.4, -0.2) is 61.0 Å². The van der Waals surface area contributed by atoms with E-state index in [1.165, 1.54) is 4.31 Å². The van der Waals surface area contributed by atoms with Crippen molar-refractivity contribution in [3.8, 4) is 0 Å². The average molecular weight is 468 g/mol. The number of nitrogens with zero attached hydrogens (tertiary/aromatic N) is 3. The predicted molar refractivity (Wildman–Crippen MR) is 122 cm³/mol. The number of carbonyl (C=O) groups is 3. The van der Waals surface area contributed by atoms with Crippen molar-refractivity contribution in [2.75, 3.05) is 24.5 Å². The first-order chi connectivity index (χ1) is 15.8. The van der Waals surface area contributed by atoms with Gasteiger partial charge >= 0.3 is 0 Å². The molecule has 3 aliphatic heterocycles. The number of hydrogen-bond donors (Lipinski definition) is 0. The number of benzene rings is 2. The van der Waals surface area contributed by atoms with Gasteiger partial charge in [0.25, 0.3) is 11.8 Å². The van der Waals surface area contributed by atoms with E-state index in [-0.39, 0.29) is 10.8 Å². The van der Waals surface area contributed by atoms with Crippen LogP contribution in [0.3, 0.4) is 0 Å². The minimum atomic E-state index is -3.56. The number of fused-ring (bicyclic) bond motifs is 2. The Bertz CT molecular complexity index is 1230. The zero-order chi connectivity index (χ0) is 23.3. The largest absolute Gasteiger partial charge is 0.310 e. The van der Waals surface area contributed by atoms with E-state index in [2.05, 4.69) is 0 Å². The second-order valence-corrected chi connectivity index (χ2v) is 10.6. The monoisotopic (exact) mass is 467 g/mol. The first kappa shape index (κ1) is 21.8. The molecular weight excluding hydrogens is 442 g/mol. The molecule has 33 heavy (non-hydrogen) atoms. The molecule has 9 heteroatoms. The number of imide groups is 1. The third-order valence-corrected chi connectivity index (χ3v) is 8.63. The number of sulfonamides is 1. The van der Waals surface area contributed by atoms with Crippen LogP contribution in [0, 0.1) is 0 Å². The van der Waals surface area contributed by atoms with E-state index in [0.717, 1.165) is 29.7 Å². The van der Waals surface area contributed by atoms with Crippen LogP contribution >= 0.6 is 0 Å². The van der Waals surface area contributed by atoms with Crippen molar-refractivity contribution in [3.05, 3.63) is 59.2 Å². The van der Waals surface area contributed by atoms with E-state index in [0.29, 0.717) is 42.9 Å². The lowest BCUT2D eigenvalue weighted by molar-refractivity contribution is -0.121. The molecule has 0 aromatic heterocycles. The number of hydrogen-bond acceptors (Lipinski definition) is 5. The number of carbonyl (C=O) groups excluding carboxylic acids is 3. The normalized spacial score (nSPS) is 19.5. The minimum Gasteiger partial charge on any atom is -0.310 e. The molecule has 2 aromatic carbocycles. The molecule has 1 saturated heterocycles. The molecule has 172 valence electrons. The van der Waals surface area contributed by atoms with Crippen molar-refractivity contribution in [3.63, 3.8) is 0 Å². The molecule has 0 radical (unpaired) electrons. The number of amides is 3. The Kier molecular flexibility index (Phi) is 5.33. The van der Waals surface area contributed by atoms with Crippen LogP contribution in [0.25, 0.3) is 0 Å². The SMILES string of the molecule is CC(C(=O)N1CCc2cc(S(=O)(=O)N3CCCCC3)ccc21)N1C(=O)c2ccccc2C1=O. The van der Waals surface area contributed by atoms with Crippen LogP contribution in [0.1, 0.15) is 52.5 Å². The molecule has 5 rings (SSSR count). The van der Waals surface area contributed by atoms with E-state index in [1.807, 2.05) is 0 Å². The van der Waals surface area contributed by atoms with Gasteiger partial charge in [-0.3, -0.25) is 19.3 Å². The maximum absolute atomic E-state index is 13.3. The third-order valence-electron chi connectivity index (χ3n) is 6.74. The van der Waals surface area contributed by atoms with E-state index in [4.69, 9.17) is 0 Å². The van der Waals surface area contributed by atoms with Gasteiger partial charge < -0.3 is 4.90 Å². The summed E-state index contributed by atoms with van der Waals surface area (Å²) >= 11 is 0. The van der Waals surface area contributed by atoms with Gasteiger partial charge in [-0.05, 0) is 62.1 Å². The van der Waals surface area contributed by atoms with Crippen LogP contribution in [0.4, 0.5) is 5.69 Å². The Hall–Kier alpha value is -3.04. The lowest BCUT2D eigenvalue weighted by atomic mass is 10.1. The molecule has 0 saturated carbocycles. The van der Waals surface area contributed by atoms with Gasteiger partial charge in [0.1, 0.15) is 6.04 Å². The Balaban J connectivity index is 1.38. The van der Waals surface area contributed by atoms with Crippen LogP contribution in [0.5, 0.6) is 0 Å². The molecule has 3 heterocycles. The van der Waals surface area contributed by atoms with Gasteiger partial charge in [0.15, 0.2) is 0 Å². The summed E-state index contributed by atoms with van der Waals surface area (Å²) in [7, 11) is -3.56. The lowest BCUT2D eigenvalue weighted by Crippen LogP contribution is -2.49. The van der Waals surface area contributed by atoms with Gasteiger partial charge in [0.05, 0.1) is 16.0 Å². The van der Waals surface area contributed by atoms with Crippen molar-refractivity contribution in [2.24, 2.45) is 0 Å². The van der Waals surface area contributed by atoms with Crippen LogP contribution in [0.2, 0.25) is 0 Å². The van der Waals surface area contributed by atoms with Gasteiger partial charge in [-0.1, -0.05) is 18.6 Å². The summed E-state index contributed by atoms with van der Waals surface area (Å²) in [5, 5.41) is 0. The molecular formula is C24H25N3O5S. The molecule has 2 aromatic rings. The average Bonchev–Trinajstić information content (AvgIpc) is 3.37. The Morgan fingerprint density at radius 3 is 2.18 bits per heavy atom. The Morgan fingerprint density at radius 1 is 0.909 bits per heavy atom. The molecule has 0 N–H and O–H groups in total. The van der Waals surface area contributed by atoms with Crippen molar-refractivity contribution >= 4 is 33.4 Å². The zero-order valence-electron chi connectivity index (χ0n) is 18.4. The first-order valence-corrected chi connectivity index (χ1v) is 12.7. The highest BCUT2D eigenvalue weighted by atomic mass is 32.2. The Morgan fingerprint density at radius 2 is 1.55 bits per heavy atom. The van der Waals surface area contributed by atoms with Gasteiger partial charge in [-0.25, -0.2) is 8.42 Å². The summed E-state index contributed by atoms with van der Waals surface area (Å²) < 4.78 is 27.6. The van der Waals surface area contributed by atoms with Gasteiger partial charge in [0, 0.05) is 25.3 Å².